The van der Waals surface area contributed by atoms with Crippen LogP contribution in [-0.2, 0) is 11.2 Å². The lowest BCUT2D eigenvalue weighted by atomic mass is 9.91. The quantitative estimate of drug-likeness (QED) is 0.873. The van der Waals surface area contributed by atoms with Crippen molar-refractivity contribution in [3.63, 3.8) is 0 Å². The maximum atomic E-state index is 13.0. The first-order chi connectivity index (χ1) is 8.24. The zero-order valence-corrected chi connectivity index (χ0v) is 9.94. The van der Waals surface area contributed by atoms with E-state index in [1.54, 1.807) is 6.07 Å². The van der Waals surface area contributed by atoms with Gasteiger partial charge in [-0.3, -0.25) is 0 Å². The number of benzene rings is 1. The maximum Gasteiger partial charge on any atom is 0.123 e. The van der Waals surface area contributed by atoms with E-state index in [-0.39, 0.29) is 11.9 Å². The van der Waals surface area contributed by atoms with Gasteiger partial charge in [-0.1, -0.05) is 12.1 Å². The Hall–Kier alpha value is -0.930. The van der Waals surface area contributed by atoms with Crippen molar-refractivity contribution in [2.24, 2.45) is 5.92 Å². The van der Waals surface area contributed by atoms with Gasteiger partial charge in [0, 0.05) is 13.2 Å². The summed E-state index contributed by atoms with van der Waals surface area (Å²) in [6, 6.07) is 6.46. The van der Waals surface area contributed by atoms with Crippen molar-refractivity contribution in [2.45, 2.75) is 31.8 Å². The van der Waals surface area contributed by atoms with Crippen LogP contribution < -0.4 is 0 Å². The topological polar surface area (TPSA) is 29.5 Å². The summed E-state index contributed by atoms with van der Waals surface area (Å²) < 4.78 is 18.3. The molecule has 1 atom stereocenters. The lowest BCUT2D eigenvalue weighted by molar-refractivity contribution is 0.0439. The standard InChI is InChI=1S/C14H19FO2/c15-13-3-1-2-12(8-13)10-14(16)9-11-4-6-17-7-5-11/h1-3,8,11,14,16H,4-7,9-10H2. The van der Waals surface area contributed by atoms with Gasteiger partial charge in [0.1, 0.15) is 5.82 Å². The summed E-state index contributed by atoms with van der Waals surface area (Å²) in [6.45, 7) is 1.61. The van der Waals surface area contributed by atoms with E-state index in [0.717, 1.165) is 38.0 Å². The molecule has 1 aliphatic heterocycles. The van der Waals surface area contributed by atoms with E-state index in [0.29, 0.717) is 12.3 Å². The average Bonchev–Trinajstić information content (AvgIpc) is 2.30. The molecule has 0 bridgehead atoms. The van der Waals surface area contributed by atoms with Crippen molar-refractivity contribution in [2.75, 3.05) is 13.2 Å². The molecular weight excluding hydrogens is 219 g/mol. The molecule has 0 aromatic heterocycles. The van der Waals surface area contributed by atoms with Crippen molar-refractivity contribution in [1.82, 2.24) is 0 Å². The van der Waals surface area contributed by atoms with Crippen LogP contribution in [0.25, 0.3) is 0 Å². The number of aliphatic hydroxyl groups is 1. The molecule has 1 unspecified atom stereocenters. The van der Waals surface area contributed by atoms with Gasteiger partial charge in [-0.15, -0.1) is 0 Å². The summed E-state index contributed by atoms with van der Waals surface area (Å²) in [5, 5.41) is 9.98. The Bertz CT molecular complexity index is 348. The molecule has 1 saturated heterocycles. The summed E-state index contributed by atoms with van der Waals surface area (Å²) >= 11 is 0. The molecule has 2 rings (SSSR count). The van der Waals surface area contributed by atoms with E-state index >= 15 is 0 Å². The van der Waals surface area contributed by atoms with Gasteiger partial charge in [-0.25, -0.2) is 4.39 Å². The van der Waals surface area contributed by atoms with Crippen LogP contribution in [0.15, 0.2) is 24.3 Å². The van der Waals surface area contributed by atoms with Crippen LogP contribution in [0.1, 0.15) is 24.8 Å². The summed E-state index contributed by atoms with van der Waals surface area (Å²) in [5.74, 6) is 0.313. The summed E-state index contributed by atoms with van der Waals surface area (Å²) in [6.07, 6.45) is 3.01. The van der Waals surface area contributed by atoms with Gasteiger partial charge in [-0.2, -0.15) is 0 Å². The Balaban J connectivity index is 1.82. The van der Waals surface area contributed by atoms with Gasteiger partial charge >= 0.3 is 0 Å². The SMILES string of the molecule is OC(Cc1cccc(F)c1)CC1CCOCC1. The second-order valence-corrected chi connectivity index (χ2v) is 4.78. The third kappa shape index (κ3) is 4.10. The molecule has 0 spiro atoms. The molecule has 3 heteroatoms. The Morgan fingerprint density at radius 1 is 1.35 bits per heavy atom. The zero-order chi connectivity index (χ0) is 12.1. The lowest BCUT2D eigenvalue weighted by Gasteiger charge is -2.24. The minimum atomic E-state index is -0.375. The summed E-state index contributed by atoms with van der Waals surface area (Å²) in [7, 11) is 0. The van der Waals surface area contributed by atoms with Crippen molar-refractivity contribution < 1.29 is 14.2 Å². The van der Waals surface area contributed by atoms with Crippen LogP contribution in [0.3, 0.4) is 0 Å². The van der Waals surface area contributed by atoms with Gasteiger partial charge in [0.15, 0.2) is 0 Å². The fraction of sp³-hybridized carbons (Fsp3) is 0.571. The van der Waals surface area contributed by atoms with Gasteiger partial charge in [0.2, 0.25) is 0 Å². The van der Waals surface area contributed by atoms with Gasteiger partial charge in [-0.05, 0) is 49.3 Å². The van der Waals surface area contributed by atoms with Gasteiger partial charge < -0.3 is 9.84 Å². The van der Waals surface area contributed by atoms with Crippen LogP contribution in [0, 0.1) is 11.7 Å². The van der Waals surface area contributed by atoms with E-state index in [9.17, 15) is 9.50 Å². The highest BCUT2D eigenvalue weighted by molar-refractivity contribution is 5.17. The minimum Gasteiger partial charge on any atom is -0.393 e. The van der Waals surface area contributed by atoms with E-state index in [2.05, 4.69) is 0 Å². The van der Waals surface area contributed by atoms with Gasteiger partial charge in [0.25, 0.3) is 0 Å². The van der Waals surface area contributed by atoms with E-state index in [1.807, 2.05) is 6.07 Å². The highest BCUT2D eigenvalue weighted by Gasteiger charge is 2.18. The van der Waals surface area contributed by atoms with Crippen molar-refractivity contribution >= 4 is 0 Å². The number of hydrogen-bond donors (Lipinski definition) is 1. The number of halogens is 1. The number of ether oxygens (including phenoxy) is 1. The fourth-order valence-electron chi connectivity index (χ4n) is 2.39. The Kier molecular flexibility index (Phi) is 4.51. The summed E-state index contributed by atoms with van der Waals surface area (Å²) in [4.78, 5) is 0. The first kappa shape index (κ1) is 12.5. The molecule has 1 fully saturated rings. The zero-order valence-electron chi connectivity index (χ0n) is 9.94. The molecule has 0 aliphatic carbocycles. The molecule has 0 radical (unpaired) electrons. The van der Waals surface area contributed by atoms with Crippen molar-refractivity contribution in [3.05, 3.63) is 35.6 Å². The highest BCUT2D eigenvalue weighted by atomic mass is 19.1. The van der Waals surface area contributed by atoms with Crippen molar-refractivity contribution in [3.8, 4) is 0 Å². The predicted octanol–water partition coefficient (Wildman–Crippen LogP) is 2.55. The van der Waals surface area contributed by atoms with Crippen LogP contribution >= 0.6 is 0 Å². The third-order valence-corrected chi connectivity index (χ3v) is 3.31. The molecule has 1 heterocycles. The monoisotopic (exact) mass is 238 g/mol. The largest absolute Gasteiger partial charge is 0.393 e. The number of aliphatic hydroxyl groups excluding tert-OH is 1. The Labute approximate surface area is 101 Å². The molecule has 1 aliphatic rings. The number of rotatable bonds is 4. The third-order valence-electron chi connectivity index (χ3n) is 3.31. The average molecular weight is 238 g/mol. The molecule has 0 amide bonds. The van der Waals surface area contributed by atoms with Crippen LogP contribution in [0.5, 0.6) is 0 Å². The molecule has 2 nitrogen and oxygen atoms in total. The molecule has 0 saturated carbocycles. The molecule has 17 heavy (non-hydrogen) atoms. The highest BCUT2D eigenvalue weighted by Crippen LogP contribution is 2.21. The maximum absolute atomic E-state index is 13.0. The van der Waals surface area contributed by atoms with Crippen LogP contribution in [0.2, 0.25) is 0 Å². The summed E-state index contributed by atoms with van der Waals surface area (Å²) in [5.41, 5.74) is 0.865. The molecule has 1 N–H and O–H groups in total. The minimum absolute atomic E-state index is 0.235. The smallest absolute Gasteiger partial charge is 0.123 e. The Morgan fingerprint density at radius 3 is 2.82 bits per heavy atom. The Morgan fingerprint density at radius 2 is 2.12 bits per heavy atom. The predicted molar refractivity (Wildman–Crippen MR) is 64.3 cm³/mol. The van der Waals surface area contributed by atoms with Gasteiger partial charge in [0.05, 0.1) is 6.10 Å². The second kappa shape index (κ2) is 6.12. The molecule has 94 valence electrons. The van der Waals surface area contributed by atoms with Crippen LogP contribution in [-0.4, -0.2) is 24.4 Å². The second-order valence-electron chi connectivity index (χ2n) is 4.78. The fourth-order valence-corrected chi connectivity index (χ4v) is 2.39. The lowest BCUT2D eigenvalue weighted by Crippen LogP contribution is -2.22. The molecule has 1 aromatic rings. The normalized spacial score (nSPS) is 19.2. The first-order valence-corrected chi connectivity index (χ1v) is 6.24. The van der Waals surface area contributed by atoms with E-state index < -0.39 is 0 Å². The van der Waals surface area contributed by atoms with Crippen LogP contribution in [0.4, 0.5) is 4.39 Å². The first-order valence-electron chi connectivity index (χ1n) is 6.24. The van der Waals surface area contributed by atoms with Crippen molar-refractivity contribution in [1.29, 1.82) is 0 Å². The van der Waals surface area contributed by atoms with E-state index in [1.165, 1.54) is 12.1 Å². The number of hydrogen-bond acceptors (Lipinski definition) is 2. The molecular formula is C14H19FO2. The van der Waals surface area contributed by atoms with E-state index in [4.69, 9.17) is 4.74 Å². The molecule has 1 aromatic carbocycles.